The van der Waals surface area contributed by atoms with Crippen molar-refractivity contribution in [2.75, 3.05) is 5.32 Å². The zero-order valence-electron chi connectivity index (χ0n) is 10.2. The molecule has 5 nitrogen and oxygen atoms in total. The van der Waals surface area contributed by atoms with Crippen molar-refractivity contribution in [1.82, 2.24) is 5.32 Å². The van der Waals surface area contributed by atoms with Gasteiger partial charge in [0.15, 0.2) is 0 Å². The summed E-state index contributed by atoms with van der Waals surface area (Å²) in [4.78, 5) is 22.4. The van der Waals surface area contributed by atoms with Gasteiger partial charge in [-0.2, -0.15) is 0 Å². The fourth-order valence-corrected chi connectivity index (χ4v) is 1.75. The number of nitrogens with one attached hydrogen (secondary N) is 2. The lowest BCUT2D eigenvalue weighted by molar-refractivity contribution is -0.139. The number of urea groups is 1. The molecular formula is C12H15BrN2O3. The average molecular weight is 315 g/mol. The van der Waals surface area contributed by atoms with Crippen LogP contribution in [0.3, 0.4) is 0 Å². The van der Waals surface area contributed by atoms with Gasteiger partial charge < -0.3 is 15.7 Å². The molecule has 2 amide bonds. The summed E-state index contributed by atoms with van der Waals surface area (Å²) in [6.07, 6.45) is 0.334. The van der Waals surface area contributed by atoms with Gasteiger partial charge in [0.25, 0.3) is 0 Å². The molecule has 0 saturated heterocycles. The fraction of sp³-hybridized carbons (Fsp3) is 0.333. The molecule has 0 aliphatic rings. The van der Waals surface area contributed by atoms with E-state index in [4.69, 9.17) is 5.11 Å². The van der Waals surface area contributed by atoms with Gasteiger partial charge in [0.2, 0.25) is 0 Å². The predicted octanol–water partition coefficient (Wildman–Crippen LogP) is 2.74. The van der Waals surface area contributed by atoms with Gasteiger partial charge in [-0.05, 0) is 31.0 Å². The molecule has 0 radical (unpaired) electrons. The molecule has 0 aliphatic carbocycles. The van der Waals surface area contributed by atoms with Crippen molar-refractivity contribution < 1.29 is 14.7 Å². The molecule has 0 heterocycles. The Bertz CT molecular complexity index is 463. The van der Waals surface area contributed by atoms with Crippen LogP contribution in [0.4, 0.5) is 10.5 Å². The second kappa shape index (κ2) is 6.39. The number of hydrogen-bond acceptors (Lipinski definition) is 2. The number of hydrogen-bond donors (Lipinski definition) is 3. The molecule has 1 aromatic carbocycles. The lowest BCUT2D eigenvalue weighted by atomic mass is 10.2. The van der Waals surface area contributed by atoms with Crippen LogP contribution in [-0.4, -0.2) is 23.1 Å². The maximum Gasteiger partial charge on any atom is 0.326 e. The van der Waals surface area contributed by atoms with Crippen LogP contribution in [0.15, 0.2) is 22.7 Å². The molecule has 1 rings (SSSR count). The minimum atomic E-state index is -1.04. The zero-order chi connectivity index (χ0) is 13.7. The number of halogens is 1. The number of anilines is 1. The van der Waals surface area contributed by atoms with Crippen molar-refractivity contribution >= 4 is 33.6 Å². The highest BCUT2D eigenvalue weighted by Crippen LogP contribution is 2.20. The number of rotatable bonds is 4. The number of carbonyl (C=O) groups excluding carboxylic acids is 1. The van der Waals surface area contributed by atoms with Crippen molar-refractivity contribution in [1.29, 1.82) is 0 Å². The first-order valence-electron chi connectivity index (χ1n) is 5.50. The summed E-state index contributed by atoms with van der Waals surface area (Å²) >= 11 is 3.31. The van der Waals surface area contributed by atoms with Crippen LogP contribution in [0.25, 0.3) is 0 Å². The molecule has 6 heteroatoms. The Morgan fingerprint density at radius 1 is 1.44 bits per heavy atom. The largest absolute Gasteiger partial charge is 0.480 e. The third kappa shape index (κ3) is 4.03. The van der Waals surface area contributed by atoms with E-state index in [9.17, 15) is 9.59 Å². The summed E-state index contributed by atoms with van der Waals surface area (Å²) < 4.78 is 0.841. The summed E-state index contributed by atoms with van der Waals surface area (Å²) in [7, 11) is 0. The minimum absolute atomic E-state index is 0.334. The molecule has 98 valence electrons. The van der Waals surface area contributed by atoms with E-state index < -0.39 is 18.0 Å². The van der Waals surface area contributed by atoms with Crippen molar-refractivity contribution in [2.24, 2.45) is 0 Å². The van der Waals surface area contributed by atoms with Gasteiger partial charge in [-0.1, -0.05) is 28.9 Å². The molecule has 1 aromatic rings. The van der Waals surface area contributed by atoms with Crippen molar-refractivity contribution in [2.45, 2.75) is 26.3 Å². The third-order valence-electron chi connectivity index (χ3n) is 2.46. The molecule has 0 spiro atoms. The second-order valence-corrected chi connectivity index (χ2v) is 4.77. The van der Waals surface area contributed by atoms with Crippen molar-refractivity contribution in [3.05, 3.63) is 28.2 Å². The van der Waals surface area contributed by atoms with E-state index in [0.29, 0.717) is 12.1 Å². The maximum atomic E-state index is 11.6. The average Bonchev–Trinajstić information content (AvgIpc) is 2.30. The molecule has 0 aliphatic heterocycles. The Morgan fingerprint density at radius 3 is 2.67 bits per heavy atom. The molecule has 1 atom stereocenters. The summed E-state index contributed by atoms with van der Waals surface area (Å²) in [5, 5.41) is 13.9. The first-order valence-corrected chi connectivity index (χ1v) is 6.29. The Labute approximate surface area is 114 Å². The number of aliphatic carboxylic acids is 1. The minimum Gasteiger partial charge on any atom is -0.480 e. The first kappa shape index (κ1) is 14.5. The highest BCUT2D eigenvalue weighted by molar-refractivity contribution is 9.10. The summed E-state index contributed by atoms with van der Waals surface area (Å²) in [5.41, 5.74) is 1.54. The standard InChI is InChI=1S/C12H15BrN2O3/c1-3-9(11(16)17)14-12(18)15-10-6-8(13)5-4-7(10)2/h4-6,9H,3H2,1-2H3,(H,16,17)(H2,14,15,18)/t9-/m0/s1. The number of amides is 2. The molecule has 0 unspecified atom stereocenters. The highest BCUT2D eigenvalue weighted by Gasteiger charge is 2.17. The number of aryl methyl sites for hydroxylation is 1. The van der Waals surface area contributed by atoms with Gasteiger partial charge in [0, 0.05) is 10.2 Å². The van der Waals surface area contributed by atoms with E-state index in [1.54, 1.807) is 13.0 Å². The van der Waals surface area contributed by atoms with Gasteiger partial charge >= 0.3 is 12.0 Å². The lowest BCUT2D eigenvalue weighted by Gasteiger charge is -2.14. The number of benzene rings is 1. The number of carboxylic acids is 1. The summed E-state index contributed by atoms with van der Waals surface area (Å²) in [6, 6.07) is 4.08. The lowest BCUT2D eigenvalue weighted by Crippen LogP contribution is -2.42. The Morgan fingerprint density at radius 2 is 2.11 bits per heavy atom. The van der Waals surface area contributed by atoms with Crippen LogP contribution in [0.1, 0.15) is 18.9 Å². The second-order valence-electron chi connectivity index (χ2n) is 3.86. The SMILES string of the molecule is CC[C@H](NC(=O)Nc1cc(Br)ccc1C)C(=O)O. The molecule has 0 aromatic heterocycles. The predicted molar refractivity (Wildman–Crippen MR) is 72.7 cm³/mol. The van der Waals surface area contributed by atoms with E-state index in [2.05, 4.69) is 26.6 Å². The Hall–Kier alpha value is -1.56. The number of carboxylic acid groups (broad SMARTS) is 1. The quantitative estimate of drug-likeness (QED) is 0.799. The Balaban J connectivity index is 2.70. The number of carbonyl (C=O) groups is 2. The molecule has 0 saturated carbocycles. The van der Waals surface area contributed by atoms with Gasteiger partial charge in [-0.15, -0.1) is 0 Å². The Kier molecular flexibility index (Phi) is 5.15. The molecule has 18 heavy (non-hydrogen) atoms. The van der Waals surface area contributed by atoms with Gasteiger partial charge in [-0.25, -0.2) is 9.59 Å². The molecule has 3 N–H and O–H groups in total. The van der Waals surface area contributed by atoms with Gasteiger partial charge in [-0.3, -0.25) is 0 Å². The monoisotopic (exact) mass is 314 g/mol. The van der Waals surface area contributed by atoms with E-state index in [0.717, 1.165) is 10.0 Å². The van der Waals surface area contributed by atoms with Gasteiger partial charge in [0.1, 0.15) is 6.04 Å². The third-order valence-corrected chi connectivity index (χ3v) is 2.95. The van der Waals surface area contributed by atoms with Crippen LogP contribution in [0.5, 0.6) is 0 Å². The molecule has 0 bridgehead atoms. The van der Waals surface area contributed by atoms with Gasteiger partial charge in [0.05, 0.1) is 0 Å². The summed E-state index contributed by atoms with van der Waals surface area (Å²) in [5.74, 6) is -1.04. The zero-order valence-corrected chi connectivity index (χ0v) is 11.7. The van der Waals surface area contributed by atoms with E-state index >= 15 is 0 Å². The van der Waals surface area contributed by atoms with Crippen molar-refractivity contribution in [3.8, 4) is 0 Å². The van der Waals surface area contributed by atoms with Crippen LogP contribution in [0, 0.1) is 6.92 Å². The van der Waals surface area contributed by atoms with Crippen LogP contribution in [0.2, 0.25) is 0 Å². The fourth-order valence-electron chi connectivity index (χ4n) is 1.38. The van der Waals surface area contributed by atoms with E-state index in [1.807, 2.05) is 19.1 Å². The first-order chi connectivity index (χ1) is 8.43. The topological polar surface area (TPSA) is 78.4 Å². The van der Waals surface area contributed by atoms with E-state index in [-0.39, 0.29) is 0 Å². The van der Waals surface area contributed by atoms with Crippen LogP contribution >= 0.6 is 15.9 Å². The van der Waals surface area contributed by atoms with Crippen molar-refractivity contribution in [3.63, 3.8) is 0 Å². The maximum absolute atomic E-state index is 11.6. The normalized spacial score (nSPS) is 11.7. The highest BCUT2D eigenvalue weighted by atomic mass is 79.9. The van der Waals surface area contributed by atoms with E-state index in [1.165, 1.54) is 0 Å². The van der Waals surface area contributed by atoms with Crippen LogP contribution in [-0.2, 0) is 4.79 Å². The molecule has 0 fully saturated rings. The smallest absolute Gasteiger partial charge is 0.326 e. The molecular weight excluding hydrogens is 300 g/mol. The summed E-state index contributed by atoms with van der Waals surface area (Å²) in [6.45, 7) is 3.56. The van der Waals surface area contributed by atoms with Crippen LogP contribution < -0.4 is 10.6 Å².